The van der Waals surface area contributed by atoms with Gasteiger partial charge in [-0.2, -0.15) is 13.2 Å². The third kappa shape index (κ3) is 5.05. The van der Waals surface area contributed by atoms with Crippen LogP contribution in [-0.4, -0.2) is 30.4 Å². The van der Waals surface area contributed by atoms with Crippen molar-refractivity contribution in [3.63, 3.8) is 0 Å². The van der Waals surface area contributed by atoms with Gasteiger partial charge >= 0.3 is 18.1 Å². The molecule has 8 heteroatoms. The Balaban J connectivity index is 2.70. The molecule has 0 spiro atoms. The van der Waals surface area contributed by atoms with Gasteiger partial charge in [-0.15, -0.1) is 0 Å². The molecule has 0 fully saturated rings. The number of carbonyl (C=O) groups excluding carboxylic acids is 2. The molecular formula is C21H24F3NO4. The predicted octanol–water partition coefficient (Wildman–Crippen LogP) is 4.67. The maximum absolute atomic E-state index is 13.3. The smallest absolute Gasteiger partial charge is 0.416 e. The van der Waals surface area contributed by atoms with Gasteiger partial charge < -0.3 is 9.47 Å². The Labute approximate surface area is 167 Å². The molecule has 0 aliphatic carbocycles. The number of methoxy groups -OCH3 is 1. The first-order valence-electron chi connectivity index (χ1n) is 9.00. The molecule has 0 radical (unpaired) electrons. The molecule has 2 rings (SSSR count). The highest BCUT2D eigenvalue weighted by atomic mass is 19.4. The van der Waals surface area contributed by atoms with Crippen LogP contribution in [0.5, 0.6) is 0 Å². The number of carbonyl (C=O) groups is 2. The minimum Gasteiger partial charge on any atom is -0.468 e. The molecule has 1 aliphatic rings. The van der Waals surface area contributed by atoms with Gasteiger partial charge in [-0.05, 0) is 46.2 Å². The summed E-state index contributed by atoms with van der Waals surface area (Å²) in [6.45, 7) is 8.17. The summed E-state index contributed by atoms with van der Waals surface area (Å²) in [6, 6.07) is 4.57. The molecule has 2 unspecified atom stereocenters. The number of hydrogen-bond acceptors (Lipinski definition) is 5. The second-order valence-corrected chi connectivity index (χ2v) is 7.86. The van der Waals surface area contributed by atoms with Crippen molar-refractivity contribution in [1.82, 2.24) is 0 Å². The molecule has 0 bridgehead atoms. The van der Waals surface area contributed by atoms with Crippen LogP contribution in [0.15, 0.2) is 40.5 Å². The van der Waals surface area contributed by atoms with Gasteiger partial charge in [0, 0.05) is 17.3 Å². The van der Waals surface area contributed by atoms with Gasteiger partial charge in [0.1, 0.15) is 11.5 Å². The Hall–Kier alpha value is -2.64. The highest BCUT2D eigenvalue weighted by molar-refractivity contribution is 6.07. The quantitative estimate of drug-likeness (QED) is 0.678. The van der Waals surface area contributed by atoms with Gasteiger partial charge in [-0.25, -0.2) is 4.79 Å². The summed E-state index contributed by atoms with van der Waals surface area (Å²) < 4.78 is 50.1. The van der Waals surface area contributed by atoms with Gasteiger partial charge in [0.15, 0.2) is 0 Å². The van der Waals surface area contributed by atoms with E-state index in [0.717, 1.165) is 12.1 Å². The Morgan fingerprint density at radius 2 is 1.72 bits per heavy atom. The number of esters is 2. The summed E-state index contributed by atoms with van der Waals surface area (Å²) in [5, 5.41) is 0. The van der Waals surface area contributed by atoms with Crippen LogP contribution in [-0.2, 0) is 25.2 Å². The first-order chi connectivity index (χ1) is 13.3. The summed E-state index contributed by atoms with van der Waals surface area (Å²) in [7, 11) is 1.18. The van der Waals surface area contributed by atoms with Gasteiger partial charge in [-0.3, -0.25) is 9.79 Å². The fourth-order valence-corrected chi connectivity index (χ4v) is 3.34. The molecular weight excluding hydrogens is 387 g/mol. The summed E-state index contributed by atoms with van der Waals surface area (Å²) in [5.41, 5.74) is -0.868. The van der Waals surface area contributed by atoms with E-state index in [0.29, 0.717) is 11.4 Å². The van der Waals surface area contributed by atoms with E-state index >= 15 is 0 Å². The van der Waals surface area contributed by atoms with Crippen LogP contribution < -0.4 is 0 Å². The molecule has 29 heavy (non-hydrogen) atoms. The lowest BCUT2D eigenvalue weighted by molar-refractivity contribution is -0.150. The zero-order valence-corrected chi connectivity index (χ0v) is 17.2. The zero-order valence-electron chi connectivity index (χ0n) is 17.2. The monoisotopic (exact) mass is 411 g/mol. The van der Waals surface area contributed by atoms with Crippen molar-refractivity contribution < 1.29 is 32.2 Å². The Bertz CT molecular complexity index is 879. The second kappa shape index (κ2) is 8.00. The lowest BCUT2D eigenvalue weighted by Crippen LogP contribution is -2.37. The number of aliphatic imine (C=N–C) groups is 1. The molecule has 1 heterocycles. The van der Waals surface area contributed by atoms with E-state index in [9.17, 15) is 22.8 Å². The van der Waals surface area contributed by atoms with E-state index in [4.69, 9.17) is 9.47 Å². The van der Waals surface area contributed by atoms with Crippen LogP contribution in [0.25, 0.3) is 0 Å². The van der Waals surface area contributed by atoms with Crippen molar-refractivity contribution in [3.05, 3.63) is 46.7 Å². The number of allylic oxidation sites excluding steroid dienone is 1. The van der Waals surface area contributed by atoms with Crippen molar-refractivity contribution in [2.45, 2.75) is 52.3 Å². The maximum atomic E-state index is 13.3. The first kappa shape index (κ1) is 22.6. The lowest BCUT2D eigenvalue weighted by atomic mass is 9.75. The van der Waals surface area contributed by atoms with Gasteiger partial charge in [-0.1, -0.05) is 18.2 Å². The highest BCUT2D eigenvalue weighted by Crippen LogP contribution is 2.42. The standard InChI is InChI=1S/C21H24F3NO4/c1-11-15(18(26)28-6)17(13-8-7-9-14(10-13)21(22,23)24)16(12(2)25-11)19(27)29-20(3,4)5/h7-10,15,17H,1-6H3. The molecule has 1 aromatic carbocycles. The van der Waals surface area contributed by atoms with Gasteiger partial charge in [0.25, 0.3) is 0 Å². The van der Waals surface area contributed by atoms with Crippen LogP contribution in [0, 0.1) is 5.92 Å². The number of alkyl halides is 3. The third-order valence-corrected chi connectivity index (χ3v) is 4.48. The highest BCUT2D eigenvalue weighted by Gasteiger charge is 2.43. The van der Waals surface area contributed by atoms with Crippen molar-refractivity contribution >= 4 is 17.7 Å². The fourth-order valence-electron chi connectivity index (χ4n) is 3.34. The van der Waals surface area contributed by atoms with E-state index < -0.39 is 41.1 Å². The van der Waals surface area contributed by atoms with E-state index in [2.05, 4.69) is 4.99 Å². The van der Waals surface area contributed by atoms with Gasteiger partial charge in [0.2, 0.25) is 0 Å². The van der Waals surface area contributed by atoms with E-state index in [1.54, 1.807) is 34.6 Å². The van der Waals surface area contributed by atoms with Crippen molar-refractivity contribution in [1.29, 1.82) is 0 Å². The largest absolute Gasteiger partial charge is 0.468 e. The molecule has 158 valence electrons. The molecule has 1 aromatic rings. The summed E-state index contributed by atoms with van der Waals surface area (Å²) in [4.78, 5) is 29.7. The minimum absolute atomic E-state index is 0.0419. The average molecular weight is 411 g/mol. The van der Waals surface area contributed by atoms with E-state index in [1.165, 1.54) is 19.2 Å². The molecule has 0 saturated carbocycles. The number of halogens is 3. The normalized spacial score (nSPS) is 20.2. The number of benzene rings is 1. The summed E-state index contributed by atoms with van der Waals surface area (Å²) in [5.74, 6) is -3.49. The Morgan fingerprint density at radius 3 is 2.24 bits per heavy atom. The number of ether oxygens (including phenoxy) is 2. The molecule has 5 nitrogen and oxygen atoms in total. The number of hydrogen-bond donors (Lipinski definition) is 0. The van der Waals surface area contributed by atoms with E-state index in [1.807, 2.05) is 0 Å². The molecule has 0 saturated heterocycles. The second-order valence-electron chi connectivity index (χ2n) is 7.86. The Morgan fingerprint density at radius 1 is 1.10 bits per heavy atom. The molecule has 2 atom stereocenters. The Kier molecular flexibility index (Phi) is 6.25. The molecule has 0 aromatic heterocycles. The lowest BCUT2D eigenvalue weighted by Gasteiger charge is -2.33. The van der Waals surface area contributed by atoms with Crippen molar-refractivity contribution in [2.24, 2.45) is 10.9 Å². The predicted molar refractivity (Wildman–Crippen MR) is 101 cm³/mol. The molecule has 0 amide bonds. The average Bonchev–Trinajstić information content (AvgIpc) is 2.58. The number of rotatable bonds is 3. The summed E-state index contributed by atoms with van der Waals surface area (Å²) >= 11 is 0. The van der Waals surface area contributed by atoms with Gasteiger partial charge in [0.05, 0.1) is 18.2 Å². The van der Waals surface area contributed by atoms with Crippen LogP contribution in [0.2, 0.25) is 0 Å². The van der Waals surface area contributed by atoms with Crippen LogP contribution in [0.4, 0.5) is 13.2 Å². The third-order valence-electron chi connectivity index (χ3n) is 4.48. The SMILES string of the molecule is COC(=O)C1C(C)=NC(C)=C(C(=O)OC(C)(C)C)C1c1cccc(C(F)(F)F)c1. The van der Waals surface area contributed by atoms with Crippen molar-refractivity contribution in [3.8, 4) is 0 Å². The maximum Gasteiger partial charge on any atom is 0.416 e. The van der Waals surface area contributed by atoms with Crippen molar-refractivity contribution in [2.75, 3.05) is 7.11 Å². The summed E-state index contributed by atoms with van der Waals surface area (Å²) in [6.07, 6.45) is -4.57. The fraction of sp³-hybridized carbons (Fsp3) is 0.476. The van der Waals surface area contributed by atoms with Crippen LogP contribution in [0.3, 0.4) is 0 Å². The topological polar surface area (TPSA) is 65.0 Å². The van der Waals surface area contributed by atoms with Crippen LogP contribution in [0.1, 0.15) is 51.7 Å². The van der Waals surface area contributed by atoms with E-state index in [-0.39, 0.29) is 11.1 Å². The zero-order chi connectivity index (χ0) is 22.1. The molecule has 0 N–H and O–H groups in total. The minimum atomic E-state index is -4.57. The van der Waals surface area contributed by atoms with Crippen LogP contribution >= 0.6 is 0 Å². The number of nitrogens with zero attached hydrogens (tertiary/aromatic N) is 1. The molecule has 1 aliphatic heterocycles. The first-order valence-corrected chi connectivity index (χ1v) is 9.00.